The molecule has 0 saturated carbocycles. The van der Waals surface area contributed by atoms with E-state index in [1.165, 1.54) is 5.52 Å². The lowest BCUT2D eigenvalue weighted by atomic mass is 10.3. The number of rotatable bonds is 5. The molecule has 0 atom stereocenters. The third kappa shape index (κ3) is 2.30. The SMILES string of the molecule is CCCn1c(Cn2cc(CN)nn2)nc2ccccc21. The lowest BCUT2D eigenvalue weighted by Gasteiger charge is -2.07. The Bertz CT molecular complexity index is 711. The van der Waals surface area contributed by atoms with Crippen molar-refractivity contribution in [3.05, 3.63) is 42.0 Å². The molecule has 2 heterocycles. The number of benzene rings is 1. The molecule has 2 aromatic heterocycles. The second kappa shape index (κ2) is 5.42. The van der Waals surface area contributed by atoms with Crippen LogP contribution in [0.4, 0.5) is 0 Å². The maximum absolute atomic E-state index is 5.56. The Balaban J connectivity index is 1.99. The van der Waals surface area contributed by atoms with Crippen molar-refractivity contribution in [3.63, 3.8) is 0 Å². The third-order valence-electron chi connectivity index (χ3n) is 3.28. The smallest absolute Gasteiger partial charge is 0.131 e. The molecule has 0 amide bonds. The first-order valence-corrected chi connectivity index (χ1v) is 6.85. The highest BCUT2D eigenvalue weighted by molar-refractivity contribution is 5.75. The van der Waals surface area contributed by atoms with Gasteiger partial charge in [0, 0.05) is 13.1 Å². The maximum Gasteiger partial charge on any atom is 0.131 e. The summed E-state index contributed by atoms with van der Waals surface area (Å²) in [6, 6.07) is 8.20. The molecule has 0 fully saturated rings. The number of fused-ring (bicyclic) bond motifs is 1. The number of hydrogen-bond donors (Lipinski definition) is 1. The van der Waals surface area contributed by atoms with Crippen LogP contribution < -0.4 is 5.73 Å². The Kier molecular flexibility index (Phi) is 3.47. The van der Waals surface area contributed by atoms with Gasteiger partial charge in [-0.1, -0.05) is 24.3 Å². The zero-order valence-electron chi connectivity index (χ0n) is 11.5. The predicted octanol–water partition coefficient (Wildman–Crippen LogP) is 1.54. The summed E-state index contributed by atoms with van der Waals surface area (Å²) >= 11 is 0. The summed E-state index contributed by atoms with van der Waals surface area (Å²) in [6.07, 6.45) is 2.94. The van der Waals surface area contributed by atoms with Gasteiger partial charge < -0.3 is 10.3 Å². The molecule has 104 valence electrons. The standard InChI is InChI=1S/C14H18N6/c1-2-7-20-13-6-4-3-5-12(13)16-14(20)10-19-9-11(8-15)17-18-19/h3-6,9H,2,7-8,10,15H2,1H3. The normalized spacial score (nSPS) is 11.3. The summed E-state index contributed by atoms with van der Waals surface area (Å²) in [5.41, 5.74) is 8.55. The number of aryl methyl sites for hydroxylation is 1. The van der Waals surface area contributed by atoms with Gasteiger partial charge in [0.15, 0.2) is 0 Å². The van der Waals surface area contributed by atoms with Crippen LogP contribution in [0.1, 0.15) is 24.9 Å². The Morgan fingerprint density at radius 2 is 2.10 bits per heavy atom. The minimum atomic E-state index is 0.408. The van der Waals surface area contributed by atoms with E-state index in [2.05, 4.69) is 27.9 Å². The van der Waals surface area contributed by atoms with Gasteiger partial charge in [-0.3, -0.25) is 0 Å². The second-order valence-corrected chi connectivity index (χ2v) is 4.78. The number of hydrogen-bond acceptors (Lipinski definition) is 4. The first-order valence-electron chi connectivity index (χ1n) is 6.85. The van der Waals surface area contributed by atoms with Crippen LogP contribution in [0.2, 0.25) is 0 Å². The summed E-state index contributed by atoms with van der Waals surface area (Å²) in [5, 5.41) is 8.10. The molecular formula is C14H18N6. The Labute approximate surface area is 117 Å². The fourth-order valence-electron chi connectivity index (χ4n) is 2.37. The first kappa shape index (κ1) is 12.8. The molecule has 6 nitrogen and oxygen atoms in total. The highest BCUT2D eigenvalue weighted by Gasteiger charge is 2.11. The van der Waals surface area contributed by atoms with E-state index in [-0.39, 0.29) is 0 Å². The van der Waals surface area contributed by atoms with Crippen LogP contribution in [0, 0.1) is 0 Å². The van der Waals surface area contributed by atoms with Crippen molar-refractivity contribution in [2.24, 2.45) is 5.73 Å². The first-order chi connectivity index (χ1) is 9.81. The summed E-state index contributed by atoms with van der Waals surface area (Å²) < 4.78 is 4.04. The van der Waals surface area contributed by atoms with E-state index in [0.29, 0.717) is 13.1 Å². The monoisotopic (exact) mass is 270 g/mol. The van der Waals surface area contributed by atoms with Crippen molar-refractivity contribution >= 4 is 11.0 Å². The van der Waals surface area contributed by atoms with Crippen LogP contribution in [-0.2, 0) is 19.6 Å². The van der Waals surface area contributed by atoms with Crippen molar-refractivity contribution in [1.82, 2.24) is 24.5 Å². The van der Waals surface area contributed by atoms with Crippen molar-refractivity contribution in [2.75, 3.05) is 0 Å². The summed E-state index contributed by atoms with van der Waals surface area (Å²) in [6.45, 7) is 4.14. The molecule has 0 spiro atoms. The molecule has 3 aromatic rings. The predicted molar refractivity (Wildman–Crippen MR) is 77.0 cm³/mol. The second-order valence-electron chi connectivity index (χ2n) is 4.78. The molecule has 6 heteroatoms. The summed E-state index contributed by atoms with van der Waals surface area (Å²) in [7, 11) is 0. The number of nitrogens with zero attached hydrogens (tertiary/aromatic N) is 5. The van der Waals surface area contributed by atoms with Gasteiger partial charge in [0.2, 0.25) is 0 Å². The molecule has 20 heavy (non-hydrogen) atoms. The van der Waals surface area contributed by atoms with Crippen molar-refractivity contribution < 1.29 is 0 Å². The van der Waals surface area contributed by atoms with Gasteiger partial charge >= 0.3 is 0 Å². The van der Waals surface area contributed by atoms with Gasteiger partial charge in [-0.05, 0) is 18.6 Å². The Morgan fingerprint density at radius 3 is 2.85 bits per heavy atom. The molecule has 2 N–H and O–H groups in total. The fourth-order valence-corrected chi connectivity index (χ4v) is 2.37. The van der Waals surface area contributed by atoms with Crippen molar-refractivity contribution in [2.45, 2.75) is 33.0 Å². The van der Waals surface area contributed by atoms with Gasteiger partial charge in [0.1, 0.15) is 12.4 Å². The maximum atomic E-state index is 5.56. The average molecular weight is 270 g/mol. The molecular weight excluding hydrogens is 252 g/mol. The van der Waals surface area contributed by atoms with E-state index < -0.39 is 0 Å². The fraction of sp³-hybridized carbons (Fsp3) is 0.357. The van der Waals surface area contributed by atoms with Gasteiger partial charge in [0.25, 0.3) is 0 Å². The molecule has 0 radical (unpaired) electrons. The highest BCUT2D eigenvalue weighted by Crippen LogP contribution is 2.17. The zero-order valence-corrected chi connectivity index (χ0v) is 11.5. The van der Waals surface area contributed by atoms with E-state index in [1.807, 2.05) is 24.4 Å². The summed E-state index contributed by atoms with van der Waals surface area (Å²) in [4.78, 5) is 4.70. The van der Waals surface area contributed by atoms with Gasteiger partial charge in [0.05, 0.1) is 22.9 Å². The molecule has 0 unspecified atom stereocenters. The molecule has 1 aromatic carbocycles. The number of para-hydroxylation sites is 2. The van der Waals surface area contributed by atoms with E-state index >= 15 is 0 Å². The summed E-state index contributed by atoms with van der Waals surface area (Å²) in [5.74, 6) is 1.00. The Hall–Kier alpha value is -2.21. The quantitative estimate of drug-likeness (QED) is 0.763. The van der Waals surface area contributed by atoms with Crippen LogP contribution in [0.15, 0.2) is 30.5 Å². The number of nitrogens with two attached hydrogens (primary N) is 1. The largest absolute Gasteiger partial charge is 0.326 e. The molecule has 0 aliphatic carbocycles. The van der Waals surface area contributed by atoms with Crippen LogP contribution >= 0.6 is 0 Å². The topological polar surface area (TPSA) is 74.5 Å². The lowest BCUT2D eigenvalue weighted by Crippen LogP contribution is -2.09. The highest BCUT2D eigenvalue weighted by atomic mass is 15.4. The third-order valence-corrected chi connectivity index (χ3v) is 3.28. The zero-order chi connectivity index (χ0) is 13.9. The number of aromatic nitrogens is 5. The van der Waals surface area contributed by atoms with E-state index in [0.717, 1.165) is 30.0 Å². The van der Waals surface area contributed by atoms with Crippen molar-refractivity contribution in [1.29, 1.82) is 0 Å². The minimum absolute atomic E-state index is 0.408. The van der Waals surface area contributed by atoms with Crippen LogP contribution in [-0.4, -0.2) is 24.5 Å². The average Bonchev–Trinajstić information content (AvgIpc) is 3.05. The van der Waals surface area contributed by atoms with Crippen LogP contribution in [0.25, 0.3) is 11.0 Å². The molecule has 0 aliphatic rings. The van der Waals surface area contributed by atoms with E-state index in [9.17, 15) is 0 Å². The van der Waals surface area contributed by atoms with E-state index in [4.69, 9.17) is 10.7 Å². The lowest BCUT2D eigenvalue weighted by molar-refractivity contribution is 0.578. The molecule has 3 rings (SSSR count). The van der Waals surface area contributed by atoms with E-state index in [1.54, 1.807) is 4.68 Å². The Morgan fingerprint density at radius 1 is 1.25 bits per heavy atom. The van der Waals surface area contributed by atoms with Gasteiger partial charge in [-0.25, -0.2) is 9.67 Å². The molecule has 0 saturated heterocycles. The van der Waals surface area contributed by atoms with Crippen LogP contribution in [0.5, 0.6) is 0 Å². The number of imidazole rings is 1. The van der Waals surface area contributed by atoms with Gasteiger partial charge in [-0.15, -0.1) is 5.10 Å². The van der Waals surface area contributed by atoms with Gasteiger partial charge in [-0.2, -0.15) is 0 Å². The van der Waals surface area contributed by atoms with Crippen molar-refractivity contribution in [3.8, 4) is 0 Å². The molecule has 0 aliphatic heterocycles. The van der Waals surface area contributed by atoms with Crippen LogP contribution in [0.3, 0.4) is 0 Å². The molecule has 0 bridgehead atoms. The minimum Gasteiger partial charge on any atom is -0.326 e.